The number of nitrogens with one attached hydrogen (secondary N) is 2. The third kappa shape index (κ3) is 2.27. The first-order chi connectivity index (χ1) is 14.0. The van der Waals surface area contributed by atoms with Crippen LogP contribution in [0.25, 0.3) is 5.70 Å². The number of nitrogens with zero attached hydrogens (tertiary/aromatic N) is 1. The molecule has 0 bridgehead atoms. The molecule has 2 N–H and O–H groups in total. The van der Waals surface area contributed by atoms with Gasteiger partial charge in [-0.2, -0.15) is 0 Å². The zero-order chi connectivity index (χ0) is 20.3. The Morgan fingerprint density at radius 2 is 1.66 bits per heavy atom. The molecule has 1 atom stereocenters. The number of ketones is 1. The van der Waals surface area contributed by atoms with E-state index in [2.05, 4.69) is 10.3 Å². The van der Waals surface area contributed by atoms with E-state index in [1.54, 1.807) is 26.3 Å². The number of carbonyl (C=O) groups excluding carboxylic acids is 1. The molecular formula is C22H17N3O4. The van der Waals surface area contributed by atoms with Crippen LogP contribution in [-0.2, 0) is 7.05 Å². The smallest absolute Gasteiger partial charge is 0.329 e. The number of hydrogen-bond donors (Lipinski definition) is 2. The van der Waals surface area contributed by atoms with Gasteiger partial charge in [-0.05, 0) is 6.07 Å². The topological polar surface area (TPSA) is 93.2 Å². The summed E-state index contributed by atoms with van der Waals surface area (Å²) < 4.78 is 6.89. The summed E-state index contributed by atoms with van der Waals surface area (Å²) >= 11 is 0. The van der Waals surface area contributed by atoms with Gasteiger partial charge < -0.3 is 10.1 Å². The van der Waals surface area contributed by atoms with Gasteiger partial charge in [0.25, 0.3) is 5.56 Å². The van der Waals surface area contributed by atoms with E-state index in [0.717, 1.165) is 5.56 Å². The largest absolute Gasteiger partial charge is 0.496 e. The van der Waals surface area contributed by atoms with Crippen LogP contribution in [0.5, 0.6) is 5.75 Å². The number of fused-ring (bicyclic) bond motifs is 3. The normalized spacial score (nSPS) is 16.8. The number of H-pyrrole nitrogens is 1. The molecule has 1 aliphatic carbocycles. The fourth-order valence-electron chi connectivity index (χ4n) is 4.25. The Labute approximate surface area is 165 Å². The van der Waals surface area contributed by atoms with Crippen LogP contribution >= 0.6 is 0 Å². The lowest BCUT2D eigenvalue weighted by Gasteiger charge is -2.29. The molecule has 0 amide bonds. The Morgan fingerprint density at radius 1 is 0.966 bits per heavy atom. The molecule has 7 heteroatoms. The number of carbonyl (C=O) groups is 1. The highest BCUT2D eigenvalue weighted by Gasteiger charge is 2.43. The number of hydrogen-bond acceptors (Lipinski definition) is 5. The maximum atomic E-state index is 13.4. The van der Waals surface area contributed by atoms with Gasteiger partial charge in [0.15, 0.2) is 5.78 Å². The van der Waals surface area contributed by atoms with Crippen molar-refractivity contribution in [3.8, 4) is 5.75 Å². The molecule has 7 nitrogen and oxygen atoms in total. The van der Waals surface area contributed by atoms with E-state index in [-0.39, 0.29) is 5.78 Å². The van der Waals surface area contributed by atoms with Gasteiger partial charge in [0.05, 0.1) is 24.3 Å². The van der Waals surface area contributed by atoms with Crippen molar-refractivity contribution < 1.29 is 9.53 Å². The number of Topliss-reactive ketones (excluding diaryl/α,β-unsaturated/α-hetero) is 1. The molecule has 2 heterocycles. The summed E-state index contributed by atoms with van der Waals surface area (Å²) in [6.45, 7) is 0. The van der Waals surface area contributed by atoms with Crippen LogP contribution in [0.4, 0.5) is 5.82 Å². The van der Waals surface area contributed by atoms with Crippen LogP contribution in [0.2, 0.25) is 0 Å². The summed E-state index contributed by atoms with van der Waals surface area (Å²) in [7, 11) is 3.13. The predicted octanol–water partition coefficient (Wildman–Crippen LogP) is 2.25. The van der Waals surface area contributed by atoms with Gasteiger partial charge >= 0.3 is 5.69 Å². The highest BCUT2D eigenvalue weighted by Crippen LogP contribution is 2.49. The molecule has 144 valence electrons. The summed E-state index contributed by atoms with van der Waals surface area (Å²) in [5, 5.41) is 3.19. The first-order valence-electron chi connectivity index (χ1n) is 9.14. The summed E-state index contributed by atoms with van der Waals surface area (Å²) in [6, 6.07) is 14.6. The second kappa shape index (κ2) is 6.07. The minimum Gasteiger partial charge on any atom is -0.496 e. The van der Waals surface area contributed by atoms with Crippen molar-refractivity contribution in [3.05, 3.63) is 97.2 Å². The molecule has 0 radical (unpaired) electrons. The number of benzene rings is 2. The molecule has 1 aromatic heterocycles. The summed E-state index contributed by atoms with van der Waals surface area (Å²) in [4.78, 5) is 40.9. The first-order valence-corrected chi connectivity index (χ1v) is 9.14. The van der Waals surface area contributed by atoms with Crippen LogP contribution in [0, 0.1) is 0 Å². The molecule has 0 spiro atoms. The van der Waals surface area contributed by atoms with Crippen molar-refractivity contribution in [2.24, 2.45) is 7.05 Å². The zero-order valence-corrected chi connectivity index (χ0v) is 15.8. The maximum Gasteiger partial charge on any atom is 0.329 e. The molecule has 0 saturated carbocycles. The highest BCUT2D eigenvalue weighted by atomic mass is 16.5. The second-order valence-electron chi connectivity index (χ2n) is 7.04. The van der Waals surface area contributed by atoms with E-state index < -0.39 is 17.2 Å². The fraction of sp³-hybridized carbons (Fsp3) is 0.136. The minimum atomic E-state index is -0.673. The van der Waals surface area contributed by atoms with Crippen molar-refractivity contribution in [1.29, 1.82) is 0 Å². The fourth-order valence-corrected chi connectivity index (χ4v) is 4.25. The predicted molar refractivity (Wildman–Crippen MR) is 108 cm³/mol. The van der Waals surface area contributed by atoms with Crippen molar-refractivity contribution in [1.82, 2.24) is 9.55 Å². The maximum absolute atomic E-state index is 13.4. The number of ether oxygens (including phenoxy) is 1. The van der Waals surface area contributed by atoms with Crippen molar-refractivity contribution in [2.45, 2.75) is 5.92 Å². The molecule has 2 aromatic carbocycles. The quantitative estimate of drug-likeness (QED) is 0.704. The Kier molecular flexibility index (Phi) is 3.61. The number of para-hydroxylation sites is 1. The standard InChI is InChI=1S/C22H17N3O4/c1-25-20-17(21(27)24-22(25)28)15(13-9-5-6-10-14(13)29-2)16-18(23-20)11-7-3-4-8-12(11)19(16)26/h3-10,15,23H,1-2H3,(H,24,27,28)/t15-/m1/s1. The van der Waals surface area contributed by atoms with Gasteiger partial charge in [0.2, 0.25) is 0 Å². The summed E-state index contributed by atoms with van der Waals surface area (Å²) in [5.41, 5.74) is 2.38. The van der Waals surface area contributed by atoms with Crippen LogP contribution in [0.1, 0.15) is 33.0 Å². The average molecular weight is 387 g/mol. The van der Waals surface area contributed by atoms with E-state index in [9.17, 15) is 14.4 Å². The number of anilines is 1. The van der Waals surface area contributed by atoms with Crippen molar-refractivity contribution in [2.75, 3.05) is 12.4 Å². The summed E-state index contributed by atoms with van der Waals surface area (Å²) in [5.74, 6) is 0.123. The Bertz CT molecular complexity index is 1350. The molecule has 0 unspecified atom stereocenters. The second-order valence-corrected chi connectivity index (χ2v) is 7.04. The molecule has 2 aliphatic rings. The lowest BCUT2D eigenvalue weighted by atomic mass is 9.81. The van der Waals surface area contributed by atoms with Gasteiger partial charge in [-0.1, -0.05) is 42.5 Å². The van der Waals surface area contributed by atoms with Gasteiger partial charge in [0.1, 0.15) is 11.6 Å². The van der Waals surface area contributed by atoms with E-state index in [1.807, 2.05) is 36.4 Å². The Balaban J connectivity index is 1.90. The number of methoxy groups -OCH3 is 1. The van der Waals surface area contributed by atoms with Gasteiger partial charge in [0, 0.05) is 29.3 Å². The lowest BCUT2D eigenvalue weighted by molar-refractivity contribution is 0.103. The zero-order valence-electron chi connectivity index (χ0n) is 15.8. The van der Waals surface area contributed by atoms with E-state index in [0.29, 0.717) is 39.5 Å². The molecule has 3 aromatic rings. The monoisotopic (exact) mass is 387 g/mol. The minimum absolute atomic E-state index is 0.141. The molecule has 0 saturated heterocycles. The van der Waals surface area contributed by atoms with Crippen LogP contribution in [0.3, 0.4) is 0 Å². The van der Waals surface area contributed by atoms with Gasteiger partial charge in [-0.15, -0.1) is 0 Å². The van der Waals surface area contributed by atoms with Crippen LogP contribution < -0.4 is 21.3 Å². The Hall–Kier alpha value is -3.87. The van der Waals surface area contributed by atoms with Gasteiger partial charge in [-0.25, -0.2) is 4.79 Å². The van der Waals surface area contributed by atoms with Crippen molar-refractivity contribution in [3.63, 3.8) is 0 Å². The van der Waals surface area contributed by atoms with Crippen LogP contribution in [0.15, 0.2) is 63.7 Å². The average Bonchev–Trinajstić information content (AvgIpc) is 3.03. The van der Waals surface area contributed by atoms with Crippen molar-refractivity contribution >= 4 is 17.3 Å². The van der Waals surface area contributed by atoms with E-state index >= 15 is 0 Å². The number of aromatic nitrogens is 2. The lowest BCUT2D eigenvalue weighted by Crippen LogP contribution is -2.37. The number of allylic oxidation sites excluding steroid dienone is 1. The van der Waals surface area contributed by atoms with E-state index in [4.69, 9.17) is 4.74 Å². The van der Waals surface area contributed by atoms with Gasteiger partial charge in [-0.3, -0.25) is 19.1 Å². The summed E-state index contributed by atoms with van der Waals surface area (Å²) in [6.07, 6.45) is 0. The highest BCUT2D eigenvalue weighted by molar-refractivity contribution is 6.23. The molecule has 29 heavy (non-hydrogen) atoms. The molecule has 5 rings (SSSR count). The van der Waals surface area contributed by atoms with Crippen LogP contribution in [-0.4, -0.2) is 22.4 Å². The molecular weight excluding hydrogens is 370 g/mol. The Morgan fingerprint density at radius 3 is 2.41 bits per heavy atom. The SMILES string of the molecule is COc1ccccc1[C@@H]1C2=C(Nc3c1c(=O)[nH]c(=O)n3C)c1ccccc1C2=O. The third-order valence-corrected chi connectivity index (χ3v) is 5.59. The molecule has 1 aliphatic heterocycles. The molecule has 0 fully saturated rings. The number of rotatable bonds is 2. The van der Waals surface area contributed by atoms with E-state index in [1.165, 1.54) is 4.57 Å². The number of aromatic amines is 1. The third-order valence-electron chi connectivity index (χ3n) is 5.59. The first kappa shape index (κ1) is 17.2.